The van der Waals surface area contributed by atoms with Crippen molar-refractivity contribution >= 4 is 32.3 Å². The minimum absolute atomic E-state index is 0.0195. The standard InChI is InChI=1S/C52H46/c1-33-15-12-16-34(2)48(33)46-25-14-26-47(49-35(3)17-13-18-36(49)4)52(46)51-44-23-10-8-21-42(44)50(43-22-9-11-24-45(43)51)41-30-29-39-31-38(27-28-40(39)32-41)37-19-6-5-7-20-37/h8-18,21-32,37H,5-7,19-20H2,1-4H3/i8D,10D,21D,23D. The normalized spacial score (nSPS) is 14.8. The van der Waals surface area contributed by atoms with Crippen molar-refractivity contribution in [3.63, 3.8) is 0 Å². The predicted octanol–water partition coefficient (Wildman–Crippen LogP) is 15.1. The second-order valence-electron chi connectivity index (χ2n) is 15.0. The van der Waals surface area contributed by atoms with Crippen LogP contribution in [-0.2, 0) is 0 Å². The van der Waals surface area contributed by atoms with Crippen molar-refractivity contribution < 1.29 is 5.48 Å². The van der Waals surface area contributed by atoms with E-state index >= 15 is 0 Å². The van der Waals surface area contributed by atoms with Crippen molar-refractivity contribution in [1.29, 1.82) is 0 Å². The first-order chi connectivity index (χ1) is 27.1. The highest BCUT2D eigenvalue weighted by Crippen LogP contribution is 2.51. The van der Waals surface area contributed by atoms with Gasteiger partial charge in [-0.2, -0.15) is 0 Å². The Hall–Kier alpha value is -5.46. The van der Waals surface area contributed by atoms with Crippen molar-refractivity contribution in [2.75, 3.05) is 0 Å². The van der Waals surface area contributed by atoms with Crippen LogP contribution in [0.2, 0.25) is 0 Å². The SMILES string of the molecule is [2H]c1c([2H])c([2H])c2c(-c3c(-c4c(C)cccc4C)cccc3-c3c(C)cccc3C)c3ccccc3c(-c3ccc4cc(C5CCCCC5)ccc4c3)c2c1[2H]. The molecule has 254 valence electrons. The van der Waals surface area contributed by atoms with Crippen LogP contribution in [0.4, 0.5) is 0 Å². The number of rotatable bonds is 5. The van der Waals surface area contributed by atoms with E-state index in [1.54, 1.807) is 0 Å². The topological polar surface area (TPSA) is 0 Å². The lowest BCUT2D eigenvalue weighted by Gasteiger charge is -2.24. The minimum atomic E-state index is -0.225. The fourth-order valence-electron chi connectivity index (χ4n) is 9.26. The molecule has 1 saturated carbocycles. The highest BCUT2D eigenvalue weighted by molar-refractivity contribution is 6.24. The van der Waals surface area contributed by atoms with E-state index in [1.165, 1.54) is 43.1 Å². The number of aryl methyl sites for hydroxylation is 4. The Labute approximate surface area is 314 Å². The van der Waals surface area contributed by atoms with Crippen LogP contribution in [0, 0.1) is 27.7 Å². The highest BCUT2D eigenvalue weighted by atomic mass is 14.3. The highest BCUT2D eigenvalue weighted by Gasteiger charge is 2.24. The molecule has 8 aromatic rings. The lowest BCUT2D eigenvalue weighted by molar-refractivity contribution is 0.444. The van der Waals surface area contributed by atoms with Gasteiger partial charge in [0, 0.05) is 0 Å². The van der Waals surface area contributed by atoms with Crippen molar-refractivity contribution in [3.05, 3.63) is 167 Å². The molecule has 0 N–H and O–H groups in total. The van der Waals surface area contributed by atoms with Gasteiger partial charge in [0.05, 0.1) is 5.48 Å². The first-order valence-electron chi connectivity index (χ1n) is 20.9. The molecule has 0 unspecified atom stereocenters. The monoisotopic (exact) mass is 674 g/mol. The van der Waals surface area contributed by atoms with Gasteiger partial charge in [0.25, 0.3) is 0 Å². The molecule has 0 heterocycles. The Morgan fingerprint density at radius 1 is 0.442 bits per heavy atom. The molecule has 0 radical (unpaired) electrons. The molecular formula is C52H46. The maximum atomic E-state index is 9.73. The van der Waals surface area contributed by atoms with Crippen LogP contribution in [-0.4, -0.2) is 0 Å². The summed E-state index contributed by atoms with van der Waals surface area (Å²) in [6.45, 7) is 8.62. The van der Waals surface area contributed by atoms with Crippen LogP contribution < -0.4 is 0 Å². The summed E-state index contributed by atoms with van der Waals surface area (Å²) in [5.41, 5.74) is 14.0. The van der Waals surface area contributed by atoms with Crippen LogP contribution in [0.15, 0.2) is 139 Å². The summed E-state index contributed by atoms with van der Waals surface area (Å²) in [7, 11) is 0. The molecule has 52 heavy (non-hydrogen) atoms. The van der Waals surface area contributed by atoms with E-state index < -0.39 is 0 Å². The summed E-state index contributed by atoms with van der Waals surface area (Å²) in [4.78, 5) is 0. The molecule has 0 saturated heterocycles. The number of hydrogen-bond acceptors (Lipinski definition) is 0. The van der Waals surface area contributed by atoms with Gasteiger partial charge in [0.15, 0.2) is 0 Å². The fraction of sp³-hybridized carbons (Fsp3) is 0.192. The van der Waals surface area contributed by atoms with Crippen LogP contribution in [0.3, 0.4) is 0 Å². The summed E-state index contributed by atoms with van der Waals surface area (Å²) in [5.74, 6) is 0.615. The van der Waals surface area contributed by atoms with E-state index in [0.717, 1.165) is 82.9 Å². The summed E-state index contributed by atoms with van der Waals surface area (Å²) in [6.07, 6.45) is 6.42. The smallest absolute Gasteiger partial charge is 0.0617 e. The maximum Gasteiger partial charge on any atom is 0.0629 e. The maximum absolute atomic E-state index is 9.73. The zero-order valence-corrected chi connectivity index (χ0v) is 30.6. The molecule has 0 aliphatic heterocycles. The van der Waals surface area contributed by atoms with Gasteiger partial charge in [-0.3, -0.25) is 0 Å². The van der Waals surface area contributed by atoms with Crippen molar-refractivity contribution in [1.82, 2.24) is 0 Å². The zero-order valence-electron chi connectivity index (χ0n) is 34.6. The van der Waals surface area contributed by atoms with Crippen LogP contribution in [0.5, 0.6) is 0 Å². The number of hydrogen-bond donors (Lipinski definition) is 0. The summed E-state index contributed by atoms with van der Waals surface area (Å²) < 4.78 is 37.5. The van der Waals surface area contributed by atoms with Gasteiger partial charge in [0.1, 0.15) is 0 Å². The van der Waals surface area contributed by atoms with Crippen molar-refractivity contribution in [3.8, 4) is 44.5 Å². The molecule has 1 aliphatic carbocycles. The van der Waals surface area contributed by atoms with E-state index in [2.05, 4.69) is 143 Å². The van der Waals surface area contributed by atoms with E-state index in [-0.39, 0.29) is 24.2 Å². The molecule has 9 rings (SSSR count). The number of fused-ring (bicyclic) bond motifs is 3. The Morgan fingerprint density at radius 3 is 1.58 bits per heavy atom. The summed E-state index contributed by atoms with van der Waals surface area (Å²) in [6, 6.07) is 40.7. The van der Waals surface area contributed by atoms with Gasteiger partial charge in [-0.15, -0.1) is 0 Å². The molecule has 1 fully saturated rings. The lowest BCUT2D eigenvalue weighted by atomic mass is 9.78. The molecule has 0 nitrogen and oxygen atoms in total. The minimum Gasteiger partial charge on any atom is -0.0617 e. The zero-order chi connectivity index (χ0) is 38.8. The molecule has 0 aromatic heterocycles. The van der Waals surface area contributed by atoms with Gasteiger partial charge >= 0.3 is 0 Å². The van der Waals surface area contributed by atoms with Gasteiger partial charge in [-0.25, -0.2) is 0 Å². The van der Waals surface area contributed by atoms with E-state index in [1.807, 2.05) is 0 Å². The Kier molecular flexibility index (Phi) is 7.18. The van der Waals surface area contributed by atoms with Gasteiger partial charge in [-0.05, 0) is 157 Å². The quantitative estimate of drug-likeness (QED) is 0.159. The molecule has 0 atom stereocenters. The third-order valence-corrected chi connectivity index (χ3v) is 11.7. The second-order valence-corrected chi connectivity index (χ2v) is 15.0. The molecule has 1 aliphatic rings. The van der Waals surface area contributed by atoms with E-state index in [9.17, 15) is 2.74 Å². The molecule has 0 amide bonds. The van der Waals surface area contributed by atoms with Gasteiger partial charge in [-0.1, -0.05) is 153 Å². The van der Waals surface area contributed by atoms with Crippen LogP contribution >= 0.6 is 0 Å². The van der Waals surface area contributed by atoms with Gasteiger partial charge < -0.3 is 0 Å². The Morgan fingerprint density at radius 2 is 0.962 bits per heavy atom. The summed E-state index contributed by atoms with van der Waals surface area (Å²) >= 11 is 0. The third kappa shape index (κ3) is 5.44. The molecule has 0 heteroatoms. The summed E-state index contributed by atoms with van der Waals surface area (Å²) in [5, 5.41) is 5.34. The Balaban J connectivity index is 1.43. The average Bonchev–Trinajstić information content (AvgIpc) is 3.21. The number of benzene rings is 8. The van der Waals surface area contributed by atoms with Crippen LogP contribution in [0.1, 0.15) is 71.3 Å². The molecule has 8 aromatic carbocycles. The molecule has 0 spiro atoms. The average molecular weight is 675 g/mol. The fourth-order valence-corrected chi connectivity index (χ4v) is 9.26. The van der Waals surface area contributed by atoms with Crippen LogP contribution in [0.25, 0.3) is 76.8 Å². The van der Waals surface area contributed by atoms with E-state index in [4.69, 9.17) is 2.74 Å². The third-order valence-electron chi connectivity index (χ3n) is 11.7. The molecular weight excluding hydrogens is 625 g/mol. The first kappa shape index (κ1) is 28.2. The largest absolute Gasteiger partial charge is 0.0629 e. The first-order valence-corrected chi connectivity index (χ1v) is 18.9. The Bertz CT molecular complexity index is 2770. The predicted molar refractivity (Wildman–Crippen MR) is 225 cm³/mol. The van der Waals surface area contributed by atoms with Gasteiger partial charge in [0.2, 0.25) is 0 Å². The lowest BCUT2D eigenvalue weighted by Crippen LogP contribution is -2.04. The van der Waals surface area contributed by atoms with Crippen molar-refractivity contribution in [2.45, 2.75) is 65.7 Å². The van der Waals surface area contributed by atoms with Crippen molar-refractivity contribution in [2.24, 2.45) is 0 Å². The second kappa shape index (κ2) is 13.3. The van der Waals surface area contributed by atoms with E-state index in [0.29, 0.717) is 16.7 Å². The molecule has 0 bridgehead atoms.